The summed E-state index contributed by atoms with van der Waals surface area (Å²) < 4.78 is 0. The van der Waals surface area contributed by atoms with Crippen LogP contribution in [0.2, 0.25) is 0 Å². The third kappa shape index (κ3) is 3.83. The fourth-order valence-corrected chi connectivity index (χ4v) is 3.24. The van der Waals surface area contributed by atoms with Crippen molar-refractivity contribution in [1.82, 2.24) is 10.2 Å². The van der Waals surface area contributed by atoms with Gasteiger partial charge in [-0.25, -0.2) is 0 Å². The number of piperidine rings is 1. The first-order valence-corrected chi connectivity index (χ1v) is 8.26. The zero-order valence-electron chi connectivity index (χ0n) is 12.9. The molecule has 1 N–H and O–H groups in total. The Morgan fingerprint density at radius 2 is 1.75 bits per heavy atom. The maximum absolute atomic E-state index is 3.58. The monoisotopic (exact) mass is 272 g/mol. The minimum atomic E-state index is 0.731. The van der Waals surface area contributed by atoms with Crippen molar-refractivity contribution in [3.63, 3.8) is 0 Å². The van der Waals surface area contributed by atoms with Gasteiger partial charge in [-0.1, -0.05) is 31.2 Å². The van der Waals surface area contributed by atoms with E-state index in [-0.39, 0.29) is 0 Å². The van der Waals surface area contributed by atoms with E-state index in [0.29, 0.717) is 0 Å². The summed E-state index contributed by atoms with van der Waals surface area (Å²) in [7, 11) is 0. The zero-order chi connectivity index (χ0) is 13.9. The maximum atomic E-state index is 3.58. The second kappa shape index (κ2) is 6.28. The van der Waals surface area contributed by atoms with Gasteiger partial charge in [0.2, 0.25) is 0 Å². The summed E-state index contributed by atoms with van der Waals surface area (Å²) in [5.74, 6) is 0.900. The number of benzene rings is 1. The van der Waals surface area contributed by atoms with E-state index in [0.717, 1.165) is 31.1 Å². The molecule has 0 spiro atoms. The third-order valence-corrected chi connectivity index (χ3v) is 4.86. The third-order valence-electron chi connectivity index (χ3n) is 4.86. The smallest absolute Gasteiger partial charge is 0.0236 e. The van der Waals surface area contributed by atoms with Crippen LogP contribution in [0.15, 0.2) is 24.3 Å². The molecule has 2 nitrogen and oxygen atoms in total. The van der Waals surface area contributed by atoms with Gasteiger partial charge in [0, 0.05) is 25.2 Å². The number of nitrogens with zero attached hydrogens (tertiary/aromatic N) is 1. The summed E-state index contributed by atoms with van der Waals surface area (Å²) in [4.78, 5) is 2.64. The Morgan fingerprint density at radius 1 is 1.05 bits per heavy atom. The molecule has 0 amide bonds. The normalized spacial score (nSPS) is 27.7. The molecule has 0 radical (unpaired) electrons. The highest BCUT2D eigenvalue weighted by Gasteiger charge is 2.22. The predicted octanol–water partition coefficient (Wildman–Crippen LogP) is 3.56. The molecule has 1 aromatic carbocycles. The van der Waals surface area contributed by atoms with Crippen molar-refractivity contribution in [3.8, 4) is 0 Å². The summed E-state index contributed by atoms with van der Waals surface area (Å²) in [6, 6.07) is 10.7. The van der Waals surface area contributed by atoms with Gasteiger partial charge in [-0.2, -0.15) is 0 Å². The van der Waals surface area contributed by atoms with E-state index < -0.39 is 0 Å². The maximum Gasteiger partial charge on any atom is 0.0236 e. The molecule has 1 aromatic rings. The number of rotatable bonds is 5. The molecule has 1 saturated carbocycles. The Bertz CT molecular complexity index is 422. The summed E-state index contributed by atoms with van der Waals surface area (Å²) in [6.07, 6.45) is 5.43. The van der Waals surface area contributed by atoms with Crippen LogP contribution in [0, 0.1) is 5.92 Å². The predicted molar refractivity (Wildman–Crippen MR) is 84.6 cm³/mol. The average Bonchev–Trinajstić information content (AvgIpc) is 3.25. The van der Waals surface area contributed by atoms with Gasteiger partial charge >= 0.3 is 0 Å². The van der Waals surface area contributed by atoms with Crippen LogP contribution in [-0.2, 0) is 13.1 Å². The Hall–Kier alpha value is -0.860. The first-order chi connectivity index (χ1) is 9.70. The summed E-state index contributed by atoms with van der Waals surface area (Å²) in [5.41, 5.74) is 2.88. The molecule has 1 aliphatic carbocycles. The van der Waals surface area contributed by atoms with E-state index in [1.807, 2.05) is 0 Å². The number of hydrogen-bond acceptors (Lipinski definition) is 2. The van der Waals surface area contributed by atoms with Crippen LogP contribution in [0.4, 0.5) is 0 Å². The van der Waals surface area contributed by atoms with Gasteiger partial charge in [0.05, 0.1) is 0 Å². The fourth-order valence-electron chi connectivity index (χ4n) is 3.24. The first kappa shape index (κ1) is 14.1. The van der Waals surface area contributed by atoms with Gasteiger partial charge in [-0.15, -0.1) is 0 Å². The van der Waals surface area contributed by atoms with Crippen LogP contribution >= 0.6 is 0 Å². The van der Waals surface area contributed by atoms with Crippen LogP contribution < -0.4 is 5.32 Å². The van der Waals surface area contributed by atoms with Crippen LogP contribution in [-0.4, -0.2) is 23.5 Å². The summed E-state index contributed by atoms with van der Waals surface area (Å²) in [5, 5.41) is 3.58. The molecule has 110 valence electrons. The quantitative estimate of drug-likeness (QED) is 0.881. The molecule has 2 atom stereocenters. The van der Waals surface area contributed by atoms with Crippen LogP contribution in [0.5, 0.6) is 0 Å². The summed E-state index contributed by atoms with van der Waals surface area (Å²) >= 11 is 0. The van der Waals surface area contributed by atoms with E-state index in [1.165, 1.54) is 43.4 Å². The Kier molecular flexibility index (Phi) is 4.42. The van der Waals surface area contributed by atoms with Gasteiger partial charge in [0.25, 0.3) is 0 Å². The molecule has 20 heavy (non-hydrogen) atoms. The van der Waals surface area contributed by atoms with Crippen molar-refractivity contribution in [3.05, 3.63) is 35.4 Å². The lowest BCUT2D eigenvalue weighted by Gasteiger charge is -2.36. The second-order valence-corrected chi connectivity index (χ2v) is 6.92. The molecule has 2 aliphatic rings. The molecule has 1 heterocycles. The van der Waals surface area contributed by atoms with E-state index >= 15 is 0 Å². The second-order valence-electron chi connectivity index (χ2n) is 6.92. The van der Waals surface area contributed by atoms with Crippen molar-refractivity contribution in [2.45, 2.75) is 64.7 Å². The van der Waals surface area contributed by atoms with Gasteiger partial charge < -0.3 is 5.32 Å². The molecule has 2 heteroatoms. The Labute approximate surface area is 123 Å². The van der Waals surface area contributed by atoms with E-state index in [4.69, 9.17) is 0 Å². The van der Waals surface area contributed by atoms with Crippen molar-refractivity contribution in [2.75, 3.05) is 6.54 Å². The molecule has 2 unspecified atom stereocenters. The van der Waals surface area contributed by atoms with Crippen molar-refractivity contribution in [2.24, 2.45) is 5.92 Å². The highest BCUT2D eigenvalue weighted by atomic mass is 15.2. The molecule has 1 aliphatic heterocycles. The number of nitrogens with one attached hydrogen (secondary N) is 1. The highest BCUT2D eigenvalue weighted by molar-refractivity contribution is 5.22. The highest BCUT2D eigenvalue weighted by Crippen LogP contribution is 2.24. The van der Waals surface area contributed by atoms with E-state index in [1.54, 1.807) is 0 Å². The molecule has 0 bridgehead atoms. The average molecular weight is 272 g/mol. The number of hydrogen-bond donors (Lipinski definition) is 1. The fraction of sp³-hybridized carbons (Fsp3) is 0.667. The Balaban J connectivity index is 1.51. The van der Waals surface area contributed by atoms with Gasteiger partial charge in [-0.05, 0) is 56.2 Å². The zero-order valence-corrected chi connectivity index (χ0v) is 12.9. The van der Waals surface area contributed by atoms with Crippen molar-refractivity contribution < 1.29 is 0 Å². The lowest BCUT2D eigenvalue weighted by molar-refractivity contribution is 0.122. The Morgan fingerprint density at radius 3 is 2.40 bits per heavy atom. The largest absolute Gasteiger partial charge is 0.310 e. The van der Waals surface area contributed by atoms with Crippen LogP contribution in [0.25, 0.3) is 0 Å². The van der Waals surface area contributed by atoms with Crippen LogP contribution in [0.3, 0.4) is 0 Å². The van der Waals surface area contributed by atoms with Gasteiger partial charge in [0.15, 0.2) is 0 Å². The topological polar surface area (TPSA) is 15.3 Å². The first-order valence-electron chi connectivity index (χ1n) is 8.26. The van der Waals surface area contributed by atoms with E-state index in [9.17, 15) is 0 Å². The molecule has 2 fully saturated rings. The minimum absolute atomic E-state index is 0.731. The standard InChI is InChI=1S/C18H28N2/c1-14-9-10-20(15(2)11-14)13-17-5-3-16(4-6-17)12-19-18-7-8-18/h3-6,14-15,18-19H,7-13H2,1-2H3. The lowest BCUT2D eigenvalue weighted by atomic mass is 9.93. The SMILES string of the molecule is CC1CCN(Cc2ccc(CNC3CC3)cc2)C(C)C1. The van der Waals surface area contributed by atoms with Gasteiger partial charge in [-0.3, -0.25) is 4.90 Å². The van der Waals surface area contributed by atoms with Crippen molar-refractivity contribution in [1.29, 1.82) is 0 Å². The van der Waals surface area contributed by atoms with Crippen LogP contribution in [0.1, 0.15) is 50.7 Å². The minimum Gasteiger partial charge on any atom is -0.310 e. The van der Waals surface area contributed by atoms with E-state index in [2.05, 4.69) is 48.3 Å². The van der Waals surface area contributed by atoms with Crippen molar-refractivity contribution >= 4 is 0 Å². The lowest BCUT2D eigenvalue weighted by Crippen LogP contribution is -2.39. The molecular weight excluding hydrogens is 244 g/mol. The molecular formula is C18H28N2. The number of likely N-dealkylation sites (tertiary alicyclic amines) is 1. The molecule has 0 aromatic heterocycles. The summed E-state index contributed by atoms with van der Waals surface area (Å²) in [6.45, 7) is 8.17. The van der Waals surface area contributed by atoms with Gasteiger partial charge in [0.1, 0.15) is 0 Å². The molecule has 3 rings (SSSR count). The molecule has 1 saturated heterocycles.